The molecule has 0 atom stereocenters. The number of fused-ring (bicyclic) bond motifs is 1. The maximum atomic E-state index is 10.9. The van der Waals surface area contributed by atoms with Crippen LogP contribution in [-0.2, 0) is 0 Å². The smallest absolute Gasteiger partial charge is 0.264 e. The van der Waals surface area contributed by atoms with Crippen molar-refractivity contribution in [2.75, 3.05) is 5.88 Å². The van der Waals surface area contributed by atoms with Crippen molar-refractivity contribution in [1.29, 1.82) is 0 Å². The number of nitro benzene ring substituents is 1. The molecular formula is C12H7ClN2O2. The molecule has 4 nitrogen and oxygen atoms in total. The van der Waals surface area contributed by atoms with Gasteiger partial charge in [-0.05, 0) is 12.1 Å². The Morgan fingerprint density at radius 3 is 2.88 bits per heavy atom. The molecule has 2 aromatic rings. The van der Waals surface area contributed by atoms with Crippen LogP contribution in [-0.4, -0.2) is 15.8 Å². The van der Waals surface area contributed by atoms with E-state index in [2.05, 4.69) is 16.8 Å². The number of nitrogens with zero attached hydrogens (tertiary/aromatic N) is 2. The van der Waals surface area contributed by atoms with Gasteiger partial charge in [0.05, 0.1) is 16.2 Å². The van der Waals surface area contributed by atoms with Crippen LogP contribution in [0.2, 0.25) is 0 Å². The second-order valence-corrected chi connectivity index (χ2v) is 3.51. The zero-order valence-corrected chi connectivity index (χ0v) is 9.44. The summed E-state index contributed by atoms with van der Waals surface area (Å²) >= 11 is 5.49. The second kappa shape index (κ2) is 4.81. The minimum absolute atomic E-state index is 0.0320. The highest BCUT2D eigenvalue weighted by Gasteiger charge is 2.13. The molecule has 84 valence electrons. The van der Waals surface area contributed by atoms with Gasteiger partial charge in [-0.25, -0.2) is 0 Å². The first-order valence-electron chi connectivity index (χ1n) is 4.80. The standard InChI is InChI=1S/C12H7ClN2O2/c13-6-1-2-9-3-4-12(15(16)17)11-8-14-7-5-10(9)11/h3-5,7-8H,6H2. The number of rotatable bonds is 1. The molecule has 2 rings (SSSR count). The molecular weight excluding hydrogens is 240 g/mol. The number of benzene rings is 1. The van der Waals surface area contributed by atoms with E-state index in [1.165, 1.54) is 12.3 Å². The van der Waals surface area contributed by atoms with Gasteiger partial charge in [0.15, 0.2) is 0 Å². The van der Waals surface area contributed by atoms with Gasteiger partial charge in [0.25, 0.3) is 5.69 Å². The molecule has 0 aliphatic rings. The lowest BCUT2D eigenvalue weighted by Gasteiger charge is -2.01. The topological polar surface area (TPSA) is 56.0 Å². The highest BCUT2D eigenvalue weighted by molar-refractivity contribution is 6.19. The molecule has 0 spiro atoms. The fraction of sp³-hybridized carbons (Fsp3) is 0.0833. The molecule has 0 aliphatic carbocycles. The number of pyridine rings is 1. The third-order valence-corrected chi connectivity index (χ3v) is 2.42. The first-order valence-corrected chi connectivity index (χ1v) is 5.33. The van der Waals surface area contributed by atoms with Crippen molar-refractivity contribution in [2.45, 2.75) is 0 Å². The maximum Gasteiger partial charge on any atom is 0.278 e. The third kappa shape index (κ3) is 2.19. The van der Waals surface area contributed by atoms with Crippen LogP contribution in [0.3, 0.4) is 0 Å². The summed E-state index contributed by atoms with van der Waals surface area (Å²) in [7, 11) is 0. The maximum absolute atomic E-state index is 10.9. The largest absolute Gasteiger partial charge is 0.278 e. The van der Waals surface area contributed by atoms with Crippen LogP contribution in [0.4, 0.5) is 5.69 Å². The summed E-state index contributed by atoms with van der Waals surface area (Å²) in [5.41, 5.74) is 0.748. The van der Waals surface area contributed by atoms with Crippen LogP contribution in [0.15, 0.2) is 30.6 Å². The van der Waals surface area contributed by atoms with Gasteiger partial charge in [-0.1, -0.05) is 11.8 Å². The molecule has 0 saturated heterocycles. The van der Waals surface area contributed by atoms with Crippen molar-refractivity contribution in [3.63, 3.8) is 0 Å². The van der Waals surface area contributed by atoms with Crippen molar-refractivity contribution in [1.82, 2.24) is 4.98 Å². The Balaban J connectivity index is 2.75. The minimum atomic E-state index is -0.428. The van der Waals surface area contributed by atoms with Crippen molar-refractivity contribution in [3.05, 3.63) is 46.3 Å². The van der Waals surface area contributed by atoms with E-state index in [9.17, 15) is 10.1 Å². The SMILES string of the molecule is O=[N+]([O-])c1ccc(C#CCCl)c2ccncc12. The highest BCUT2D eigenvalue weighted by Crippen LogP contribution is 2.26. The summed E-state index contributed by atoms with van der Waals surface area (Å²) in [4.78, 5) is 14.3. The molecule has 0 amide bonds. The van der Waals surface area contributed by atoms with Crippen LogP contribution in [0.1, 0.15) is 5.56 Å². The molecule has 17 heavy (non-hydrogen) atoms. The normalized spacial score (nSPS) is 9.71. The summed E-state index contributed by atoms with van der Waals surface area (Å²) in [5.74, 6) is 5.83. The molecule has 0 saturated carbocycles. The first-order chi connectivity index (χ1) is 8.24. The summed E-state index contributed by atoms with van der Waals surface area (Å²) in [6.07, 6.45) is 3.05. The Hall–Kier alpha value is -2.12. The summed E-state index contributed by atoms with van der Waals surface area (Å²) in [5, 5.41) is 12.1. The zero-order chi connectivity index (χ0) is 12.3. The van der Waals surface area contributed by atoms with Gasteiger partial charge in [0.1, 0.15) is 0 Å². The van der Waals surface area contributed by atoms with Gasteiger partial charge in [0.2, 0.25) is 0 Å². The molecule has 1 aromatic heterocycles. The van der Waals surface area contributed by atoms with Gasteiger partial charge in [-0.15, -0.1) is 11.6 Å². The summed E-state index contributed by atoms with van der Waals surface area (Å²) in [6.45, 7) is 0. The van der Waals surface area contributed by atoms with E-state index >= 15 is 0 Å². The van der Waals surface area contributed by atoms with E-state index in [1.54, 1.807) is 18.3 Å². The third-order valence-electron chi connectivity index (χ3n) is 2.28. The fourth-order valence-electron chi connectivity index (χ4n) is 1.57. The Morgan fingerprint density at radius 1 is 1.35 bits per heavy atom. The van der Waals surface area contributed by atoms with Crippen LogP contribution >= 0.6 is 11.6 Å². The number of hydrogen-bond donors (Lipinski definition) is 0. The number of aromatic nitrogens is 1. The summed E-state index contributed by atoms with van der Waals surface area (Å²) in [6, 6.07) is 4.77. The number of hydrogen-bond acceptors (Lipinski definition) is 3. The summed E-state index contributed by atoms with van der Waals surface area (Å²) < 4.78 is 0. The van der Waals surface area contributed by atoms with Gasteiger partial charge >= 0.3 is 0 Å². The molecule has 1 aromatic carbocycles. The fourth-order valence-corrected chi connectivity index (χ4v) is 1.64. The van der Waals surface area contributed by atoms with Gasteiger partial charge in [0, 0.05) is 29.4 Å². The molecule has 0 N–H and O–H groups in total. The lowest BCUT2D eigenvalue weighted by atomic mass is 10.1. The molecule has 0 bridgehead atoms. The van der Waals surface area contributed by atoms with Crippen LogP contribution in [0.5, 0.6) is 0 Å². The lowest BCUT2D eigenvalue weighted by Crippen LogP contribution is -1.91. The van der Waals surface area contributed by atoms with E-state index < -0.39 is 4.92 Å². The number of halogens is 1. The van der Waals surface area contributed by atoms with Crippen molar-refractivity contribution >= 4 is 28.1 Å². The second-order valence-electron chi connectivity index (χ2n) is 3.25. The number of alkyl halides is 1. The molecule has 0 aliphatic heterocycles. The predicted molar refractivity (Wildman–Crippen MR) is 66.0 cm³/mol. The highest BCUT2D eigenvalue weighted by atomic mass is 35.5. The average Bonchev–Trinajstić information content (AvgIpc) is 2.35. The van der Waals surface area contributed by atoms with Gasteiger partial charge < -0.3 is 0 Å². The number of nitro groups is 1. The molecule has 5 heteroatoms. The van der Waals surface area contributed by atoms with E-state index in [0.717, 1.165) is 0 Å². The van der Waals surface area contributed by atoms with Crippen molar-refractivity contribution < 1.29 is 4.92 Å². The van der Waals surface area contributed by atoms with Crippen molar-refractivity contribution in [3.8, 4) is 11.8 Å². The molecule has 0 fully saturated rings. The zero-order valence-electron chi connectivity index (χ0n) is 8.68. The molecule has 1 heterocycles. The lowest BCUT2D eigenvalue weighted by molar-refractivity contribution is -0.383. The number of non-ortho nitro benzene ring substituents is 1. The Kier molecular flexibility index (Phi) is 3.22. The average molecular weight is 247 g/mol. The molecule has 0 radical (unpaired) electrons. The van der Waals surface area contributed by atoms with Crippen LogP contribution in [0, 0.1) is 22.0 Å². The first kappa shape index (κ1) is 11.4. The van der Waals surface area contributed by atoms with Crippen molar-refractivity contribution in [2.24, 2.45) is 0 Å². The van der Waals surface area contributed by atoms with Crippen LogP contribution < -0.4 is 0 Å². The van der Waals surface area contributed by atoms with Gasteiger partial charge in [-0.2, -0.15) is 0 Å². The quantitative estimate of drug-likeness (QED) is 0.336. The van der Waals surface area contributed by atoms with E-state index in [0.29, 0.717) is 16.3 Å². The van der Waals surface area contributed by atoms with E-state index in [1.807, 2.05) is 0 Å². The van der Waals surface area contributed by atoms with Gasteiger partial charge in [-0.3, -0.25) is 15.1 Å². The monoisotopic (exact) mass is 246 g/mol. The Bertz CT molecular complexity index is 644. The minimum Gasteiger partial charge on any atom is -0.264 e. The van der Waals surface area contributed by atoms with Crippen LogP contribution in [0.25, 0.3) is 10.8 Å². The van der Waals surface area contributed by atoms with E-state index in [4.69, 9.17) is 11.6 Å². The van der Waals surface area contributed by atoms with E-state index in [-0.39, 0.29) is 11.6 Å². The predicted octanol–water partition coefficient (Wildman–Crippen LogP) is 2.73. The Morgan fingerprint density at radius 2 is 2.18 bits per heavy atom. The molecule has 0 unspecified atom stereocenters. The Labute approximate surface area is 102 Å².